The monoisotopic (exact) mass is 285 g/mol. The standard InChI is InChI=1S/C12H16ClN3O3/c1-3-19-10(17)8-4-14-11(13)16-9(8)15-5-12(2)6-18-7-12/h4H,3,5-7H2,1-2H3,(H,14,15,16). The normalized spacial score (nSPS) is 16.6. The first-order valence-corrected chi connectivity index (χ1v) is 6.43. The summed E-state index contributed by atoms with van der Waals surface area (Å²) in [6.45, 7) is 6.16. The van der Waals surface area contributed by atoms with Crippen LogP contribution in [-0.2, 0) is 9.47 Å². The lowest BCUT2D eigenvalue weighted by Crippen LogP contribution is -2.45. The number of carbonyl (C=O) groups excluding carboxylic acids is 1. The molecule has 104 valence electrons. The van der Waals surface area contributed by atoms with Gasteiger partial charge >= 0.3 is 5.97 Å². The van der Waals surface area contributed by atoms with Gasteiger partial charge in [-0.3, -0.25) is 0 Å². The summed E-state index contributed by atoms with van der Waals surface area (Å²) >= 11 is 5.76. The minimum absolute atomic E-state index is 0.0589. The third-order valence-electron chi connectivity index (χ3n) is 2.84. The Morgan fingerprint density at radius 1 is 1.63 bits per heavy atom. The maximum Gasteiger partial charge on any atom is 0.343 e. The van der Waals surface area contributed by atoms with Gasteiger partial charge in [0.2, 0.25) is 5.28 Å². The van der Waals surface area contributed by atoms with Crippen molar-refractivity contribution >= 4 is 23.4 Å². The minimum Gasteiger partial charge on any atom is -0.462 e. The fourth-order valence-corrected chi connectivity index (χ4v) is 1.84. The third-order valence-corrected chi connectivity index (χ3v) is 3.02. The first kappa shape index (κ1) is 14.0. The van der Waals surface area contributed by atoms with Gasteiger partial charge in [0.25, 0.3) is 0 Å². The Balaban J connectivity index is 2.12. The largest absolute Gasteiger partial charge is 0.462 e. The molecule has 7 heteroatoms. The number of halogens is 1. The van der Waals surface area contributed by atoms with Gasteiger partial charge in [0.05, 0.1) is 19.8 Å². The second-order valence-corrected chi connectivity index (χ2v) is 5.12. The molecule has 0 amide bonds. The van der Waals surface area contributed by atoms with Gasteiger partial charge in [-0.25, -0.2) is 9.78 Å². The molecule has 0 aromatic carbocycles. The summed E-state index contributed by atoms with van der Waals surface area (Å²) < 4.78 is 10.1. The fraction of sp³-hybridized carbons (Fsp3) is 0.583. The molecular formula is C12H16ClN3O3. The summed E-state index contributed by atoms with van der Waals surface area (Å²) in [5.74, 6) is -0.0664. The van der Waals surface area contributed by atoms with E-state index < -0.39 is 5.97 Å². The van der Waals surface area contributed by atoms with Crippen LogP contribution in [0.3, 0.4) is 0 Å². The molecule has 1 aliphatic heterocycles. The number of anilines is 1. The molecule has 1 aliphatic rings. The highest BCUT2D eigenvalue weighted by Crippen LogP contribution is 2.27. The fourth-order valence-electron chi connectivity index (χ4n) is 1.70. The lowest BCUT2D eigenvalue weighted by molar-refractivity contribution is -0.0924. The smallest absolute Gasteiger partial charge is 0.343 e. The number of hydrogen-bond donors (Lipinski definition) is 1. The third kappa shape index (κ3) is 3.33. The summed E-state index contributed by atoms with van der Waals surface area (Å²) in [4.78, 5) is 19.6. The Kier molecular flexibility index (Phi) is 4.21. The summed E-state index contributed by atoms with van der Waals surface area (Å²) in [6, 6.07) is 0. The quantitative estimate of drug-likeness (QED) is 0.656. The number of aromatic nitrogens is 2. The number of rotatable bonds is 5. The molecule has 1 N–H and O–H groups in total. The van der Waals surface area contributed by atoms with Gasteiger partial charge in [-0.1, -0.05) is 6.92 Å². The Hall–Kier alpha value is -1.40. The molecule has 0 unspecified atom stereocenters. The summed E-state index contributed by atoms with van der Waals surface area (Å²) in [7, 11) is 0. The highest BCUT2D eigenvalue weighted by molar-refractivity contribution is 6.28. The number of carbonyl (C=O) groups is 1. The van der Waals surface area contributed by atoms with Crippen LogP contribution in [0.25, 0.3) is 0 Å². The molecule has 19 heavy (non-hydrogen) atoms. The van der Waals surface area contributed by atoms with Gasteiger partial charge in [-0.15, -0.1) is 0 Å². The van der Waals surface area contributed by atoms with Crippen LogP contribution in [0.5, 0.6) is 0 Å². The van der Waals surface area contributed by atoms with E-state index in [0.29, 0.717) is 32.2 Å². The molecule has 0 saturated carbocycles. The maximum absolute atomic E-state index is 11.8. The minimum atomic E-state index is -0.461. The second kappa shape index (κ2) is 5.71. The predicted octanol–water partition coefficient (Wildman–Crippen LogP) is 1.76. The summed E-state index contributed by atoms with van der Waals surface area (Å²) in [5.41, 5.74) is 0.346. The van der Waals surface area contributed by atoms with Gasteiger partial charge in [-0.2, -0.15) is 4.98 Å². The predicted molar refractivity (Wildman–Crippen MR) is 70.4 cm³/mol. The molecule has 6 nitrogen and oxygen atoms in total. The van der Waals surface area contributed by atoms with Crippen molar-refractivity contribution in [2.24, 2.45) is 5.41 Å². The van der Waals surface area contributed by atoms with Crippen LogP contribution in [0.1, 0.15) is 24.2 Å². The van der Waals surface area contributed by atoms with Crippen molar-refractivity contribution in [3.05, 3.63) is 17.0 Å². The Morgan fingerprint density at radius 2 is 2.37 bits per heavy atom. The SMILES string of the molecule is CCOC(=O)c1cnc(Cl)nc1NCC1(C)COC1. The Labute approximate surface area is 116 Å². The summed E-state index contributed by atoms with van der Waals surface area (Å²) in [5, 5.41) is 3.21. The second-order valence-electron chi connectivity index (χ2n) is 4.78. The first-order chi connectivity index (χ1) is 9.04. The van der Waals surface area contributed by atoms with Crippen LogP contribution in [-0.4, -0.2) is 42.3 Å². The van der Waals surface area contributed by atoms with E-state index in [9.17, 15) is 4.79 Å². The molecule has 0 bridgehead atoms. The van der Waals surface area contributed by atoms with Crippen LogP contribution in [0, 0.1) is 5.41 Å². The van der Waals surface area contributed by atoms with E-state index in [1.54, 1.807) is 6.92 Å². The molecule has 2 heterocycles. The van der Waals surface area contributed by atoms with Crippen LogP contribution in [0.2, 0.25) is 5.28 Å². The molecule has 1 aromatic rings. The van der Waals surface area contributed by atoms with Crippen molar-refractivity contribution in [1.82, 2.24) is 9.97 Å². The van der Waals surface area contributed by atoms with Gasteiger partial charge in [0.1, 0.15) is 11.4 Å². The summed E-state index contributed by atoms with van der Waals surface area (Å²) in [6.07, 6.45) is 1.37. The van der Waals surface area contributed by atoms with Gasteiger partial charge in [-0.05, 0) is 18.5 Å². The Bertz CT molecular complexity index is 477. The van der Waals surface area contributed by atoms with Crippen molar-refractivity contribution < 1.29 is 14.3 Å². The maximum atomic E-state index is 11.8. The van der Waals surface area contributed by atoms with Gasteiger partial charge in [0, 0.05) is 18.2 Å². The van der Waals surface area contributed by atoms with Crippen molar-refractivity contribution in [2.75, 3.05) is 31.7 Å². The molecule has 0 aliphatic carbocycles. The molecule has 1 saturated heterocycles. The van der Waals surface area contributed by atoms with Crippen LogP contribution in [0.4, 0.5) is 5.82 Å². The molecule has 0 atom stereocenters. The van der Waals surface area contributed by atoms with E-state index in [4.69, 9.17) is 21.1 Å². The zero-order chi connectivity index (χ0) is 13.9. The lowest BCUT2D eigenvalue weighted by Gasteiger charge is -2.38. The topological polar surface area (TPSA) is 73.3 Å². The molecule has 1 aromatic heterocycles. The number of esters is 1. The van der Waals surface area contributed by atoms with Crippen molar-refractivity contribution in [3.63, 3.8) is 0 Å². The van der Waals surface area contributed by atoms with Crippen LogP contribution in [0.15, 0.2) is 6.20 Å². The zero-order valence-corrected chi connectivity index (χ0v) is 11.7. The molecular weight excluding hydrogens is 270 g/mol. The molecule has 2 rings (SSSR count). The number of nitrogens with one attached hydrogen (secondary N) is 1. The van der Waals surface area contributed by atoms with Gasteiger partial charge in [0.15, 0.2) is 0 Å². The first-order valence-electron chi connectivity index (χ1n) is 6.05. The van der Waals surface area contributed by atoms with Crippen molar-refractivity contribution in [3.8, 4) is 0 Å². The van der Waals surface area contributed by atoms with Crippen LogP contribution >= 0.6 is 11.6 Å². The molecule has 0 radical (unpaired) electrons. The van der Waals surface area contributed by atoms with Crippen molar-refractivity contribution in [1.29, 1.82) is 0 Å². The molecule has 0 spiro atoms. The van der Waals surface area contributed by atoms with Crippen LogP contribution < -0.4 is 5.32 Å². The van der Waals surface area contributed by atoms with E-state index in [0.717, 1.165) is 0 Å². The van der Waals surface area contributed by atoms with E-state index >= 15 is 0 Å². The zero-order valence-electron chi connectivity index (χ0n) is 10.9. The van der Waals surface area contributed by atoms with E-state index in [1.165, 1.54) is 6.20 Å². The number of ether oxygens (including phenoxy) is 2. The van der Waals surface area contributed by atoms with Crippen molar-refractivity contribution in [2.45, 2.75) is 13.8 Å². The Morgan fingerprint density at radius 3 is 2.95 bits per heavy atom. The van der Waals surface area contributed by atoms with E-state index in [1.807, 2.05) is 0 Å². The van der Waals surface area contributed by atoms with E-state index in [2.05, 4.69) is 22.2 Å². The van der Waals surface area contributed by atoms with Gasteiger partial charge < -0.3 is 14.8 Å². The average molecular weight is 286 g/mol. The average Bonchev–Trinajstić information content (AvgIpc) is 2.34. The number of hydrogen-bond acceptors (Lipinski definition) is 6. The highest BCUT2D eigenvalue weighted by atomic mass is 35.5. The number of nitrogens with zero attached hydrogens (tertiary/aromatic N) is 2. The molecule has 1 fully saturated rings. The lowest BCUT2D eigenvalue weighted by atomic mass is 9.89. The van der Waals surface area contributed by atoms with E-state index in [-0.39, 0.29) is 16.3 Å². The highest BCUT2D eigenvalue weighted by Gasteiger charge is 2.33.